The third-order valence-corrected chi connectivity index (χ3v) is 5.20. The number of rotatable bonds is 5. The van der Waals surface area contributed by atoms with E-state index >= 15 is 0 Å². The van der Waals surface area contributed by atoms with E-state index in [1.165, 1.54) is 13.8 Å². The molecule has 0 saturated carbocycles. The molecule has 1 aromatic carbocycles. The zero-order valence-corrected chi connectivity index (χ0v) is 18.2. The second-order valence-electron chi connectivity index (χ2n) is 7.66. The van der Waals surface area contributed by atoms with Crippen LogP contribution < -0.4 is 10.2 Å². The van der Waals surface area contributed by atoms with Gasteiger partial charge in [-0.15, -0.1) is 0 Å². The lowest BCUT2D eigenvalue weighted by atomic mass is 10.1. The number of benzene rings is 1. The highest BCUT2D eigenvalue weighted by Crippen LogP contribution is 2.29. The smallest absolute Gasteiger partial charge is 0.303 e. The molecule has 1 saturated heterocycles. The fourth-order valence-electron chi connectivity index (χ4n) is 3.59. The Kier molecular flexibility index (Phi) is 6.27. The number of aromatic nitrogens is 3. The molecule has 1 aliphatic heterocycles. The zero-order chi connectivity index (χ0) is 22.7. The van der Waals surface area contributed by atoms with Gasteiger partial charge in [-0.25, -0.2) is 4.98 Å². The number of carbonyl (C=O) groups is 2. The van der Waals surface area contributed by atoms with E-state index in [-0.39, 0.29) is 12.0 Å². The molecule has 1 unspecified atom stereocenters. The van der Waals surface area contributed by atoms with Crippen LogP contribution in [-0.2, 0) is 19.1 Å². The summed E-state index contributed by atoms with van der Waals surface area (Å²) in [6, 6.07) is 13.8. The Hall–Kier alpha value is -3.59. The minimum atomic E-state index is -0.971. The van der Waals surface area contributed by atoms with Crippen molar-refractivity contribution in [3.05, 3.63) is 42.5 Å². The SMILES string of the molecule is CC(=O)OC(C)C(=O)Nc1nc(N2CCOC[C@@H]2C)c2ccc(-c3ccccc3)nc2n1. The summed E-state index contributed by atoms with van der Waals surface area (Å²) in [5.41, 5.74) is 2.19. The molecule has 3 aromatic rings. The topological polar surface area (TPSA) is 107 Å². The van der Waals surface area contributed by atoms with Crippen LogP contribution in [0.25, 0.3) is 22.3 Å². The van der Waals surface area contributed by atoms with Crippen molar-refractivity contribution in [1.29, 1.82) is 0 Å². The Morgan fingerprint density at radius 1 is 1.16 bits per heavy atom. The highest BCUT2D eigenvalue weighted by Gasteiger charge is 2.25. The van der Waals surface area contributed by atoms with Crippen LogP contribution in [0.5, 0.6) is 0 Å². The normalized spacial score (nSPS) is 17.1. The van der Waals surface area contributed by atoms with Crippen LogP contribution in [0.4, 0.5) is 11.8 Å². The molecule has 0 bridgehead atoms. The van der Waals surface area contributed by atoms with E-state index < -0.39 is 18.0 Å². The summed E-state index contributed by atoms with van der Waals surface area (Å²) in [6.07, 6.45) is -0.971. The molecular formula is C23H25N5O4. The zero-order valence-electron chi connectivity index (χ0n) is 18.2. The van der Waals surface area contributed by atoms with Crippen LogP contribution in [0.3, 0.4) is 0 Å². The van der Waals surface area contributed by atoms with Crippen LogP contribution in [0.15, 0.2) is 42.5 Å². The molecule has 9 nitrogen and oxygen atoms in total. The number of hydrogen-bond acceptors (Lipinski definition) is 8. The van der Waals surface area contributed by atoms with E-state index in [1.807, 2.05) is 42.5 Å². The molecule has 1 fully saturated rings. The van der Waals surface area contributed by atoms with Crippen LogP contribution >= 0.6 is 0 Å². The van der Waals surface area contributed by atoms with Gasteiger partial charge in [-0.05, 0) is 26.0 Å². The van der Waals surface area contributed by atoms with Crippen LogP contribution in [-0.4, -0.2) is 58.7 Å². The Morgan fingerprint density at radius 3 is 2.66 bits per heavy atom. The monoisotopic (exact) mass is 435 g/mol. The average molecular weight is 435 g/mol. The maximum absolute atomic E-state index is 12.5. The van der Waals surface area contributed by atoms with Crippen molar-refractivity contribution in [3.8, 4) is 11.3 Å². The quantitative estimate of drug-likeness (QED) is 0.610. The predicted molar refractivity (Wildman–Crippen MR) is 120 cm³/mol. The van der Waals surface area contributed by atoms with Crippen molar-refractivity contribution < 1.29 is 19.1 Å². The summed E-state index contributed by atoms with van der Waals surface area (Å²) in [4.78, 5) is 39.7. The molecule has 4 rings (SSSR count). The van der Waals surface area contributed by atoms with E-state index in [1.54, 1.807) is 0 Å². The minimum absolute atomic E-state index is 0.0965. The molecule has 0 radical (unpaired) electrons. The number of fused-ring (bicyclic) bond motifs is 1. The number of amides is 1. The molecule has 32 heavy (non-hydrogen) atoms. The Bertz CT molecular complexity index is 1140. The van der Waals surface area contributed by atoms with Gasteiger partial charge in [-0.2, -0.15) is 9.97 Å². The second-order valence-corrected chi connectivity index (χ2v) is 7.66. The highest BCUT2D eigenvalue weighted by molar-refractivity contribution is 5.96. The molecule has 9 heteroatoms. The maximum Gasteiger partial charge on any atom is 0.303 e. The summed E-state index contributed by atoms with van der Waals surface area (Å²) < 4.78 is 10.5. The molecular weight excluding hydrogens is 410 g/mol. The molecule has 1 amide bonds. The lowest BCUT2D eigenvalue weighted by Gasteiger charge is -2.34. The first kappa shape index (κ1) is 21.6. The van der Waals surface area contributed by atoms with E-state index in [4.69, 9.17) is 14.5 Å². The van der Waals surface area contributed by atoms with Crippen molar-refractivity contribution in [1.82, 2.24) is 15.0 Å². The second kappa shape index (κ2) is 9.27. The van der Waals surface area contributed by atoms with E-state index in [9.17, 15) is 9.59 Å². The highest BCUT2D eigenvalue weighted by atomic mass is 16.5. The fraction of sp³-hybridized carbons (Fsp3) is 0.348. The molecule has 166 valence electrons. The minimum Gasteiger partial charge on any atom is -0.453 e. The van der Waals surface area contributed by atoms with Gasteiger partial charge in [0.05, 0.1) is 30.3 Å². The fourth-order valence-corrected chi connectivity index (χ4v) is 3.59. The van der Waals surface area contributed by atoms with Gasteiger partial charge in [0.25, 0.3) is 5.91 Å². The number of ether oxygens (including phenoxy) is 2. The van der Waals surface area contributed by atoms with Gasteiger partial charge in [0.2, 0.25) is 5.95 Å². The Labute approximate surface area is 185 Å². The van der Waals surface area contributed by atoms with Gasteiger partial charge in [0.1, 0.15) is 5.82 Å². The van der Waals surface area contributed by atoms with Crippen molar-refractivity contribution in [2.24, 2.45) is 0 Å². The van der Waals surface area contributed by atoms with Gasteiger partial charge >= 0.3 is 5.97 Å². The molecule has 0 spiro atoms. The lowest BCUT2D eigenvalue weighted by Crippen LogP contribution is -2.44. The summed E-state index contributed by atoms with van der Waals surface area (Å²) in [5, 5.41) is 3.44. The third-order valence-electron chi connectivity index (χ3n) is 5.20. The molecule has 1 N–H and O–H groups in total. The van der Waals surface area contributed by atoms with Gasteiger partial charge in [-0.1, -0.05) is 30.3 Å². The van der Waals surface area contributed by atoms with Gasteiger partial charge in [0.15, 0.2) is 11.8 Å². The molecule has 3 heterocycles. The van der Waals surface area contributed by atoms with Crippen LogP contribution in [0.1, 0.15) is 20.8 Å². The average Bonchev–Trinajstić information content (AvgIpc) is 2.78. The number of nitrogens with zero attached hydrogens (tertiary/aromatic N) is 4. The summed E-state index contributed by atoms with van der Waals surface area (Å²) in [7, 11) is 0. The lowest BCUT2D eigenvalue weighted by molar-refractivity contribution is -0.150. The summed E-state index contributed by atoms with van der Waals surface area (Å²) in [6.45, 7) is 6.62. The van der Waals surface area contributed by atoms with E-state index in [0.717, 1.165) is 16.6 Å². The number of anilines is 2. The Balaban J connectivity index is 1.77. The largest absolute Gasteiger partial charge is 0.453 e. The molecule has 2 aromatic heterocycles. The number of esters is 1. The third kappa shape index (κ3) is 4.67. The summed E-state index contributed by atoms with van der Waals surface area (Å²) in [5.74, 6) is -0.273. The first-order valence-corrected chi connectivity index (χ1v) is 10.5. The maximum atomic E-state index is 12.5. The molecule has 2 atom stereocenters. The number of carbonyl (C=O) groups excluding carboxylic acids is 2. The first-order valence-electron chi connectivity index (χ1n) is 10.5. The predicted octanol–water partition coefficient (Wildman–Crippen LogP) is 2.81. The molecule has 1 aliphatic rings. The van der Waals surface area contributed by atoms with Crippen molar-refractivity contribution >= 4 is 34.7 Å². The number of nitrogens with one attached hydrogen (secondary N) is 1. The van der Waals surface area contributed by atoms with Crippen molar-refractivity contribution in [2.75, 3.05) is 30.0 Å². The summed E-state index contributed by atoms with van der Waals surface area (Å²) >= 11 is 0. The van der Waals surface area contributed by atoms with Gasteiger partial charge in [-0.3, -0.25) is 14.9 Å². The molecule has 0 aliphatic carbocycles. The van der Waals surface area contributed by atoms with Crippen LogP contribution in [0, 0.1) is 0 Å². The van der Waals surface area contributed by atoms with E-state index in [0.29, 0.717) is 31.2 Å². The standard InChI is InChI=1S/C23H25N5O4/c1-14-13-31-12-11-28(14)21-18-9-10-19(17-7-5-4-6-8-17)24-20(18)25-23(26-21)27-22(30)15(2)32-16(3)29/h4-10,14-15H,11-13H2,1-3H3,(H,24,25,26,27,30)/t14-,15?/m0/s1. The van der Waals surface area contributed by atoms with Gasteiger partial charge in [0, 0.05) is 19.0 Å². The van der Waals surface area contributed by atoms with Crippen molar-refractivity contribution in [2.45, 2.75) is 32.9 Å². The number of hydrogen-bond donors (Lipinski definition) is 1. The van der Waals surface area contributed by atoms with Crippen LogP contribution in [0.2, 0.25) is 0 Å². The van der Waals surface area contributed by atoms with E-state index in [2.05, 4.69) is 27.1 Å². The van der Waals surface area contributed by atoms with Crippen molar-refractivity contribution in [3.63, 3.8) is 0 Å². The number of pyridine rings is 1. The van der Waals surface area contributed by atoms with Gasteiger partial charge < -0.3 is 14.4 Å². The number of morpholine rings is 1. The Morgan fingerprint density at radius 2 is 1.94 bits per heavy atom. The first-order chi connectivity index (χ1) is 15.4.